The molecule has 96 valence electrons. The van der Waals surface area contributed by atoms with Crippen LogP contribution in [-0.4, -0.2) is 33.5 Å². The number of nitrogens with one attached hydrogen (secondary N) is 2. The van der Waals surface area contributed by atoms with Gasteiger partial charge in [-0.3, -0.25) is 10.1 Å². The molecule has 0 aliphatic rings. The van der Waals surface area contributed by atoms with Gasteiger partial charge in [0.1, 0.15) is 4.21 Å². The smallest absolute Gasteiger partial charge is 0.300 e. The Morgan fingerprint density at radius 1 is 1.53 bits per heavy atom. The highest BCUT2D eigenvalue weighted by atomic mass is 35.5. The van der Waals surface area contributed by atoms with Gasteiger partial charge in [-0.15, -0.1) is 11.3 Å². The normalized spacial score (nSPS) is 11.6. The van der Waals surface area contributed by atoms with Crippen LogP contribution in [0.4, 0.5) is 5.69 Å². The largest absolute Gasteiger partial charge is 0.318 e. The van der Waals surface area contributed by atoms with Gasteiger partial charge >= 0.3 is 0 Å². The fraction of sp³-hybridized carbons (Fsp3) is 0.429. The third-order valence-electron chi connectivity index (χ3n) is 1.77. The summed E-state index contributed by atoms with van der Waals surface area (Å²) >= 11 is 6.24. The van der Waals surface area contributed by atoms with Crippen molar-refractivity contribution in [3.63, 3.8) is 0 Å². The van der Waals surface area contributed by atoms with Crippen LogP contribution in [0.2, 0.25) is 4.34 Å². The zero-order chi connectivity index (χ0) is 13.1. The van der Waals surface area contributed by atoms with Crippen molar-refractivity contribution in [2.24, 2.45) is 0 Å². The van der Waals surface area contributed by atoms with E-state index in [2.05, 4.69) is 10.0 Å². The fourth-order valence-electron chi connectivity index (χ4n) is 0.977. The lowest BCUT2D eigenvalue weighted by Gasteiger charge is -2.02. The van der Waals surface area contributed by atoms with Crippen LogP contribution in [0.3, 0.4) is 0 Å². The van der Waals surface area contributed by atoms with Gasteiger partial charge in [0.25, 0.3) is 5.69 Å². The molecule has 0 aliphatic heterocycles. The molecule has 1 rings (SSSR count). The van der Waals surface area contributed by atoms with E-state index in [9.17, 15) is 18.5 Å². The summed E-state index contributed by atoms with van der Waals surface area (Å²) in [6, 6.07) is 0.953. The SMILES string of the molecule is CNCCNS(=O)(=O)c1cc([N+](=O)[O-])c(Cl)s1. The van der Waals surface area contributed by atoms with Crippen LogP contribution in [0, 0.1) is 10.1 Å². The number of rotatable bonds is 6. The highest BCUT2D eigenvalue weighted by Gasteiger charge is 2.24. The Hall–Kier alpha value is -0.740. The highest BCUT2D eigenvalue weighted by Crippen LogP contribution is 2.35. The van der Waals surface area contributed by atoms with Crippen molar-refractivity contribution in [2.45, 2.75) is 4.21 Å². The number of sulfonamides is 1. The minimum absolute atomic E-state index is 0.149. The van der Waals surface area contributed by atoms with Gasteiger partial charge in [-0.1, -0.05) is 11.6 Å². The van der Waals surface area contributed by atoms with E-state index in [4.69, 9.17) is 11.6 Å². The Morgan fingerprint density at radius 3 is 2.65 bits per heavy atom. The van der Waals surface area contributed by atoms with Crippen molar-refractivity contribution in [3.8, 4) is 0 Å². The highest BCUT2D eigenvalue weighted by molar-refractivity contribution is 7.91. The quantitative estimate of drug-likeness (QED) is 0.460. The summed E-state index contributed by atoms with van der Waals surface area (Å²) in [5, 5.41) is 13.3. The average Bonchev–Trinajstić information content (AvgIpc) is 2.61. The van der Waals surface area contributed by atoms with Crippen LogP contribution in [0.5, 0.6) is 0 Å². The topological polar surface area (TPSA) is 101 Å². The minimum Gasteiger partial charge on any atom is -0.318 e. The van der Waals surface area contributed by atoms with Crippen molar-refractivity contribution >= 4 is 38.6 Å². The molecule has 10 heteroatoms. The van der Waals surface area contributed by atoms with Gasteiger partial charge in [-0.25, -0.2) is 13.1 Å². The van der Waals surface area contributed by atoms with Gasteiger partial charge in [-0.2, -0.15) is 0 Å². The molecule has 1 aromatic rings. The number of thiophene rings is 1. The Balaban J connectivity index is 2.92. The second-order valence-corrected chi connectivity index (χ2v) is 6.63. The summed E-state index contributed by atoms with van der Waals surface area (Å²) in [7, 11) is -2.05. The van der Waals surface area contributed by atoms with Gasteiger partial charge in [0.2, 0.25) is 10.0 Å². The van der Waals surface area contributed by atoms with E-state index in [0.717, 1.165) is 6.07 Å². The summed E-state index contributed by atoms with van der Waals surface area (Å²) in [4.78, 5) is 9.81. The molecular weight excluding hydrogens is 290 g/mol. The van der Waals surface area contributed by atoms with Gasteiger partial charge < -0.3 is 5.32 Å². The van der Waals surface area contributed by atoms with E-state index in [-0.39, 0.29) is 15.1 Å². The molecule has 1 aromatic heterocycles. The van der Waals surface area contributed by atoms with Gasteiger partial charge in [0, 0.05) is 19.2 Å². The lowest BCUT2D eigenvalue weighted by atomic mass is 10.6. The van der Waals surface area contributed by atoms with E-state index in [1.165, 1.54) is 0 Å². The monoisotopic (exact) mass is 299 g/mol. The molecule has 0 spiro atoms. The molecule has 0 aromatic carbocycles. The first-order chi connectivity index (χ1) is 7.88. The van der Waals surface area contributed by atoms with Crippen molar-refractivity contribution < 1.29 is 13.3 Å². The molecule has 0 atom stereocenters. The van der Waals surface area contributed by atoms with Gasteiger partial charge in [0.15, 0.2) is 4.34 Å². The lowest BCUT2D eigenvalue weighted by molar-refractivity contribution is -0.384. The van der Waals surface area contributed by atoms with E-state index < -0.39 is 20.6 Å². The molecule has 0 bridgehead atoms. The molecule has 0 saturated heterocycles. The third-order valence-corrected chi connectivity index (χ3v) is 5.05. The summed E-state index contributed by atoms with van der Waals surface area (Å²) in [6.07, 6.45) is 0. The van der Waals surface area contributed by atoms with E-state index in [1.807, 2.05) is 0 Å². The van der Waals surface area contributed by atoms with Crippen LogP contribution in [-0.2, 0) is 10.0 Å². The van der Waals surface area contributed by atoms with Crippen LogP contribution in [0.25, 0.3) is 0 Å². The average molecular weight is 300 g/mol. The summed E-state index contributed by atoms with van der Waals surface area (Å²) in [5.74, 6) is 0. The first-order valence-electron chi connectivity index (χ1n) is 4.46. The van der Waals surface area contributed by atoms with Gasteiger partial charge in [-0.05, 0) is 7.05 Å². The predicted octanol–water partition coefficient (Wildman–Crippen LogP) is 0.807. The molecule has 0 radical (unpaired) electrons. The van der Waals surface area contributed by atoms with Crippen LogP contribution >= 0.6 is 22.9 Å². The van der Waals surface area contributed by atoms with Crippen LogP contribution in [0.1, 0.15) is 0 Å². The molecule has 0 amide bonds. The van der Waals surface area contributed by atoms with E-state index >= 15 is 0 Å². The lowest BCUT2D eigenvalue weighted by Crippen LogP contribution is -2.30. The number of hydrogen-bond acceptors (Lipinski definition) is 6. The molecule has 0 aliphatic carbocycles. The Morgan fingerprint density at radius 2 is 2.18 bits per heavy atom. The molecule has 17 heavy (non-hydrogen) atoms. The maximum atomic E-state index is 11.7. The van der Waals surface area contributed by atoms with E-state index in [0.29, 0.717) is 17.9 Å². The Kier molecular flexibility index (Phi) is 4.83. The second kappa shape index (κ2) is 5.74. The van der Waals surface area contributed by atoms with E-state index in [1.54, 1.807) is 7.05 Å². The first-order valence-corrected chi connectivity index (χ1v) is 7.14. The molecular formula is C7H10ClN3O4S2. The molecule has 7 nitrogen and oxygen atoms in total. The number of likely N-dealkylation sites (N-methyl/N-ethyl adjacent to an activating group) is 1. The predicted molar refractivity (Wildman–Crippen MR) is 65.1 cm³/mol. The number of nitrogens with zero attached hydrogens (tertiary/aromatic N) is 1. The second-order valence-electron chi connectivity index (χ2n) is 2.98. The fourth-order valence-corrected chi connectivity index (χ4v) is 3.72. The maximum Gasteiger partial charge on any atom is 0.300 e. The maximum absolute atomic E-state index is 11.7. The zero-order valence-electron chi connectivity index (χ0n) is 8.77. The summed E-state index contributed by atoms with van der Waals surface area (Å²) in [5.41, 5.74) is -0.398. The molecule has 2 N–H and O–H groups in total. The van der Waals surface area contributed by atoms with Crippen molar-refractivity contribution in [1.29, 1.82) is 0 Å². The first kappa shape index (κ1) is 14.3. The summed E-state index contributed by atoms with van der Waals surface area (Å²) < 4.78 is 25.4. The number of halogens is 1. The molecule has 0 unspecified atom stereocenters. The molecule has 0 fully saturated rings. The number of hydrogen-bond donors (Lipinski definition) is 2. The Labute approximate surface area is 107 Å². The third kappa shape index (κ3) is 3.61. The van der Waals surface area contributed by atoms with Crippen LogP contribution in [0.15, 0.2) is 10.3 Å². The summed E-state index contributed by atoms with van der Waals surface area (Å²) in [6.45, 7) is 0.655. The standard InChI is InChI=1S/C7H10ClN3O4S2/c1-9-2-3-10-17(14,15)6-4-5(11(12)13)7(8)16-6/h4,9-10H,2-3H2,1H3. The van der Waals surface area contributed by atoms with Crippen LogP contribution < -0.4 is 10.0 Å². The number of nitro groups is 1. The van der Waals surface area contributed by atoms with Crippen molar-refractivity contribution in [3.05, 3.63) is 20.5 Å². The minimum atomic E-state index is -3.73. The Bertz CT molecular complexity index is 513. The molecule has 0 saturated carbocycles. The van der Waals surface area contributed by atoms with Gasteiger partial charge in [0.05, 0.1) is 4.92 Å². The van der Waals surface area contributed by atoms with Crippen molar-refractivity contribution in [2.75, 3.05) is 20.1 Å². The zero-order valence-corrected chi connectivity index (χ0v) is 11.2. The molecule has 1 heterocycles. The van der Waals surface area contributed by atoms with Crippen molar-refractivity contribution in [1.82, 2.24) is 10.0 Å².